The predicted octanol–water partition coefficient (Wildman–Crippen LogP) is 6.31. The van der Waals surface area contributed by atoms with Crippen molar-refractivity contribution in [3.8, 4) is 17.1 Å². The van der Waals surface area contributed by atoms with Crippen LogP contribution < -0.4 is 15.5 Å². The van der Waals surface area contributed by atoms with Gasteiger partial charge in [0.05, 0.1) is 10.4 Å². The molecule has 32 heavy (non-hydrogen) atoms. The predicted molar refractivity (Wildman–Crippen MR) is 123 cm³/mol. The summed E-state index contributed by atoms with van der Waals surface area (Å²) in [6, 6.07) is 16.7. The Morgan fingerprint density at radius 3 is 2.50 bits per heavy atom. The van der Waals surface area contributed by atoms with E-state index >= 15 is 0 Å². The van der Waals surface area contributed by atoms with Gasteiger partial charge in [-0.25, -0.2) is 4.39 Å². The third-order valence-electron chi connectivity index (χ3n) is 4.70. The van der Waals surface area contributed by atoms with E-state index in [1.54, 1.807) is 36.4 Å². The second kappa shape index (κ2) is 9.02. The van der Waals surface area contributed by atoms with Gasteiger partial charge in [-0.05, 0) is 61.5 Å². The summed E-state index contributed by atoms with van der Waals surface area (Å²) in [6.07, 6.45) is -1.08. The molecule has 0 aliphatic rings. The van der Waals surface area contributed by atoms with Crippen molar-refractivity contribution in [3.05, 3.63) is 92.8 Å². The van der Waals surface area contributed by atoms with E-state index < -0.39 is 23.3 Å². The molecule has 0 saturated carbocycles. The van der Waals surface area contributed by atoms with Crippen molar-refractivity contribution in [1.82, 2.24) is 0 Å². The molecule has 1 aromatic heterocycles. The SMILES string of the molecule is CC(Oc1c(-c2ccccc2Cl)oc2ccc(Cl)cc2c1=O)C(=O)Nc1ccc(F)cc1. The van der Waals surface area contributed by atoms with Crippen LogP contribution in [0.2, 0.25) is 10.0 Å². The van der Waals surface area contributed by atoms with Crippen LogP contribution in [0.25, 0.3) is 22.3 Å². The Morgan fingerprint density at radius 1 is 1.06 bits per heavy atom. The van der Waals surface area contributed by atoms with Crippen LogP contribution in [0.1, 0.15) is 6.92 Å². The monoisotopic (exact) mass is 471 g/mol. The van der Waals surface area contributed by atoms with E-state index in [4.69, 9.17) is 32.4 Å². The topological polar surface area (TPSA) is 68.5 Å². The molecule has 1 N–H and O–H groups in total. The van der Waals surface area contributed by atoms with Gasteiger partial charge in [-0.3, -0.25) is 9.59 Å². The van der Waals surface area contributed by atoms with Crippen LogP contribution in [0.3, 0.4) is 0 Å². The van der Waals surface area contributed by atoms with E-state index in [1.165, 1.54) is 37.3 Å². The van der Waals surface area contributed by atoms with Crippen molar-refractivity contribution < 1.29 is 18.3 Å². The minimum absolute atomic E-state index is 0.0943. The van der Waals surface area contributed by atoms with Crippen LogP contribution in [0, 0.1) is 5.82 Å². The fraction of sp³-hybridized carbons (Fsp3) is 0.0833. The van der Waals surface area contributed by atoms with Crippen LogP contribution in [0.5, 0.6) is 5.75 Å². The van der Waals surface area contributed by atoms with Gasteiger partial charge >= 0.3 is 0 Å². The normalized spacial score (nSPS) is 11.9. The Morgan fingerprint density at radius 2 is 1.78 bits per heavy atom. The van der Waals surface area contributed by atoms with Gasteiger partial charge in [0, 0.05) is 16.3 Å². The molecule has 8 heteroatoms. The van der Waals surface area contributed by atoms with Crippen molar-refractivity contribution in [1.29, 1.82) is 0 Å². The summed E-state index contributed by atoms with van der Waals surface area (Å²) in [6.45, 7) is 1.48. The molecule has 0 radical (unpaired) electrons. The summed E-state index contributed by atoms with van der Waals surface area (Å²) in [5.41, 5.74) is 0.620. The molecular weight excluding hydrogens is 456 g/mol. The lowest BCUT2D eigenvalue weighted by Gasteiger charge is -2.17. The van der Waals surface area contributed by atoms with E-state index in [0.29, 0.717) is 26.9 Å². The lowest BCUT2D eigenvalue weighted by molar-refractivity contribution is -0.122. The number of carbonyl (C=O) groups is 1. The summed E-state index contributed by atoms with van der Waals surface area (Å²) < 4.78 is 24.9. The zero-order chi connectivity index (χ0) is 22.8. The number of fused-ring (bicyclic) bond motifs is 1. The molecule has 0 spiro atoms. The van der Waals surface area contributed by atoms with Crippen LogP contribution in [-0.2, 0) is 4.79 Å². The first-order valence-corrected chi connectivity index (χ1v) is 10.3. The molecule has 1 unspecified atom stereocenters. The maximum absolute atomic E-state index is 13.3. The zero-order valence-electron chi connectivity index (χ0n) is 16.7. The summed E-state index contributed by atoms with van der Waals surface area (Å²) in [5.74, 6) is -1.04. The maximum Gasteiger partial charge on any atom is 0.265 e. The molecule has 0 saturated heterocycles. The summed E-state index contributed by atoms with van der Waals surface area (Å²) >= 11 is 12.4. The molecule has 3 aromatic carbocycles. The third kappa shape index (κ3) is 4.47. The number of halogens is 3. The summed E-state index contributed by atoms with van der Waals surface area (Å²) in [7, 11) is 0. The van der Waals surface area contributed by atoms with Gasteiger partial charge in [0.2, 0.25) is 11.2 Å². The van der Waals surface area contributed by atoms with Crippen LogP contribution in [0.15, 0.2) is 75.9 Å². The minimum atomic E-state index is -1.08. The van der Waals surface area contributed by atoms with E-state index in [9.17, 15) is 14.0 Å². The number of ether oxygens (including phenoxy) is 1. The molecule has 4 rings (SSSR count). The number of benzene rings is 3. The first-order valence-electron chi connectivity index (χ1n) is 9.58. The quantitative estimate of drug-likeness (QED) is 0.370. The average molecular weight is 472 g/mol. The molecule has 1 atom stereocenters. The summed E-state index contributed by atoms with van der Waals surface area (Å²) in [5, 5.41) is 3.51. The molecule has 5 nitrogen and oxygen atoms in total. The first-order chi connectivity index (χ1) is 15.3. The van der Waals surface area contributed by atoms with Crippen molar-refractivity contribution in [2.24, 2.45) is 0 Å². The fourth-order valence-electron chi connectivity index (χ4n) is 3.09. The van der Waals surface area contributed by atoms with Gasteiger partial charge in [0.15, 0.2) is 11.9 Å². The lowest BCUT2D eigenvalue weighted by atomic mass is 10.1. The van der Waals surface area contributed by atoms with E-state index in [-0.39, 0.29) is 16.9 Å². The van der Waals surface area contributed by atoms with Crippen LogP contribution >= 0.6 is 23.2 Å². The molecule has 0 aliphatic heterocycles. The van der Waals surface area contributed by atoms with Crippen molar-refractivity contribution in [2.75, 3.05) is 5.32 Å². The number of anilines is 1. The molecule has 0 fully saturated rings. The van der Waals surface area contributed by atoms with E-state index in [1.807, 2.05) is 0 Å². The summed E-state index contributed by atoms with van der Waals surface area (Å²) in [4.78, 5) is 25.9. The molecular formula is C24H16Cl2FNO4. The molecule has 0 bridgehead atoms. The number of hydrogen-bond donors (Lipinski definition) is 1. The highest BCUT2D eigenvalue weighted by molar-refractivity contribution is 6.33. The van der Waals surface area contributed by atoms with Gasteiger partial charge in [0.25, 0.3) is 5.91 Å². The Hall–Kier alpha value is -3.35. The number of amides is 1. The molecule has 162 valence electrons. The lowest BCUT2D eigenvalue weighted by Crippen LogP contribution is -2.31. The van der Waals surface area contributed by atoms with Gasteiger partial charge in [-0.15, -0.1) is 0 Å². The van der Waals surface area contributed by atoms with E-state index in [2.05, 4.69) is 5.32 Å². The molecule has 4 aromatic rings. The van der Waals surface area contributed by atoms with Crippen molar-refractivity contribution >= 4 is 45.8 Å². The average Bonchev–Trinajstić information content (AvgIpc) is 2.78. The molecule has 0 aliphatic carbocycles. The Labute approximate surface area is 192 Å². The fourth-order valence-corrected chi connectivity index (χ4v) is 3.48. The number of rotatable bonds is 5. The number of carbonyl (C=O) groups excluding carboxylic acids is 1. The molecule has 1 amide bonds. The smallest absolute Gasteiger partial charge is 0.265 e. The van der Waals surface area contributed by atoms with Gasteiger partial charge in [-0.2, -0.15) is 0 Å². The third-order valence-corrected chi connectivity index (χ3v) is 5.27. The van der Waals surface area contributed by atoms with E-state index in [0.717, 1.165) is 0 Å². The minimum Gasteiger partial charge on any atom is -0.473 e. The van der Waals surface area contributed by atoms with Crippen LogP contribution in [-0.4, -0.2) is 12.0 Å². The van der Waals surface area contributed by atoms with Gasteiger partial charge in [-0.1, -0.05) is 35.3 Å². The Kier molecular flexibility index (Phi) is 6.17. The zero-order valence-corrected chi connectivity index (χ0v) is 18.2. The largest absolute Gasteiger partial charge is 0.473 e. The standard InChI is InChI=1S/C24H16Cl2FNO4/c1-13(24(30)28-16-9-7-15(27)8-10-16)31-23-21(29)18-12-14(25)6-11-20(18)32-22(23)17-4-2-3-5-19(17)26/h2-13H,1H3,(H,28,30). The number of hydrogen-bond acceptors (Lipinski definition) is 4. The highest BCUT2D eigenvalue weighted by Gasteiger charge is 2.24. The first kappa shape index (κ1) is 21.9. The number of nitrogens with one attached hydrogen (secondary N) is 1. The maximum atomic E-state index is 13.3. The Balaban J connectivity index is 1.76. The highest BCUT2D eigenvalue weighted by atomic mass is 35.5. The van der Waals surface area contributed by atoms with Gasteiger partial charge in [0.1, 0.15) is 11.4 Å². The molecule has 1 heterocycles. The second-order valence-electron chi connectivity index (χ2n) is 6.97. The van der Waals surface area contributed by atoms with Crippen LogP contribution in [0.4, 0.5) is 10.1 Å². The van der Waals surface area contributed by atoms with Crippen molar-refractivity contribution in [3.63, 3.8) is 0 Å². The Bertz CT molecular complexity index is 1370. The van der Waals surface area contributed by atoms with Gasteiger partial charge < -0.3 is 14.5 Å². The highest BCUT2D eigenvalue weighted by Crippen LogP contribution is 2.36. The van der Waals surface area contributed by atoms with Crippen molar-refractivity contribution in [2.45, 2.75) is 13.0 Å². The second-order valence-corrected chi connectivity index (χ2v) is 7.81.